The second-order valence-corrected chi connectivity index (χ2v) is 2.82. The maximum atomic E-state index is 5.53. The van der Waals surface area contributed by atoms with Crippen molar-refractivity contribution in [3.63, 3.8) is 0 Å². The lowest BCUT2D eigenvalue weighted by atomic mass is 9.94. The molecule has 0 aliphatic carbocycles. The van der Waals surface area contributed by atoms with E-state index in [4.69, 9.17) is 19.3 Å². The molecule has 0 aromatic heterocycles. The summed E-state index contributed by atoms with van der Waals surface area (Å²) in [6, 6.07) is 3.47. The van der Waals surface area contributed by atoms with E-state index in [-0.39, 0.29) is 0 Å². The van der Waals surface area contributed by atoms with Gasteiger partial charge in [0.05, 0.1) is 5.69 Å². The first-order chi connectivity index (χ1) is 4.63. The van der Waals surface area contributed by atoms with Crippen LogP contribution in [0.5, 0.6) is 0 Å². The fourth-order valence-electron chi connectivity index (χ4n) is 0.627. The Morgan fingerprint density at radius 3 is 2.30 bits per heavy atom. The molecule has 10 heavy (non-hydrogen) atoms. The highest BCUT2D eigenvalue weighted by molar-refractivity contribution is 9.10. The summed E-state index contributed by atoms with van der Waals surface area (Å²) in [5, 5.41) is 0. The average Bonchev–Trinajstić information content (AvgIpc) is 1.93. The van der Waals surface area contributed by atoms with Gasteiger partial charge in [-0.15, -0.1) is 0 Å². The largest absolute Gasteiger partial charge is 0.398 e. The highest BCUT2D eigenvalue weighted by Crippen LogP contribution is 2.22. The van der Waals surface area contributed by atoms with Gasteiger partial charge in [-0.3, -0.25) is 0 Å². The van der Waals surface area contributed by atoms with E-state index >= 15 is 0 Å². The van der Waals surface area contributed by atoms with Crippen molar-refractivity contribution in [2.45, 2.75) is 0 Å². The summed E-state index contributed by atoms with van der Waals surface area (Å²) in [5.74, 6) is 0. The zero-order chi connectivity index (χ0) is 7.72. The van der Waals surface area contributed by atoms with Crippen LogP contribution in [-0.2, 0) is 0 Å². The molecule has 0 saturated heterocycles. The fraction of sp³-hybridized carbons (Fsp3) is 0. The Morgan fingerprint density at radius 2 is 1.80 bits per heavy atom. The van der Waals surface area contributed by atoms with E-state index in [1.54, 1.807) is 12.1 Å². The molecule has 0 saturated carbocycles. The molecule has 1 aromatic rings. The van der Waals surface area contributed by atoms with Crippen molar-refractivity contribution in [3.05, 3.63) is 16.6 Å². The highest BCUT2D eigenvalue weighted by Gasteiger charge is 2.00. The number of anilines is 2. The first-order valence-electron chi connectivity index (χ1n) is 2.72. The first kappa shape index (κ1) is 7.47. The topological polar surface area (TPSA) is 52.0 Å². The summed E-state index contributed by atoms with van der Waals surface area (Å²) in [7, 11) is 5.46. The van der Waals surface area contributed by atoms with E-state index in [0.717, 1.165) is 4.47 Å². The standard InChI is InChI=1S/C6H6BBrN2/c7-3-1-2-4(8)6(10)5(3)9/h1-2H,9-10H2. The average molecular weight is 197 g/mol. The maximum Gasteiger partial charge on any atom is 0.116 e. The molecule has 4 heteroatoms. The predicted octanol–water partition coefficient (Wildman–Crippen LogP) is 0.407. The minimum Gasteiger partial charge on any atom is -0.398 e. The normalized spacial score (nSPS) is 9.70. The SMILES string of the molecule is [B]c1ccc(Br)c(N)c1N. The summed E-state index contributed by atoms with van der Waals surface area (Å²) in [6.07, 6.45) is 0. The predicted molar refractivity (Wildman–Crippen MR) is 48.4 cm³/mol. The van der Waals surface area contributed by atoms with Crippen LogP contribution in [0.2, 0.25) is 0 Å². The molecular weight excluding hydrogens is 191 g/mol. The molecule has 0 atom stereocenters. The molecule has 0 aliphatic heterocycles. The zero-order valence-corrected chi connectivity index (χ0v) is 6.85. The van der Waals surface area contributed by atoms with Gasteiger partial charge in [-0.25, -0.2) is 0 Å². The van der Waals surface area contributed by atoms with Crippen molar-refractivity contribution in [3.8, 4) is 0 Å². The lowest BCUT2D eigenvalue weighted by molar-refractivity contribution is 1.65. The molecule has 1 rings (SSSR count). The van der Waals surface area contributed by atoms with Crippen molar-refractivity contribution < 1.29 is 0 Å². The molecule has 0 unspecified atom stereocenters. The number of rotatable bonds is 0. The van der Waals surface area contributed by atoms with Crippen LogP contribution in [0.1, 0.15) is 0 Å². The molecule has 0 spiro atoms. The third-order valence-electron chi connectivity index (χ3n) is 1.27. The third-order valence-corrected chi connectivity index (χ3v) is 1.96. The highest BCUT2D eigenvalue weighted by atomic mass is 79.9. The molecule has 0 bridgehead atoms. The van der Waals surface area contributed by atoms with Crippen LogP contribution in [0.15, 0.2) is 16.6 Å². The molecule has 2 radical (unpaired) electrons. The summed E-state index contributed by atoms with van der Waals surface area (Å²) in [5.41, 5.74) is 12.5. The maximum absolute atomic E-state index is 5.53. The molecule has 2 nitrogen and oxygen atoms in total. The van der Waals surface area contributed by atoms with Crippen LogP contribution in [0.25, 0.3) is 0 Å². The van der Waals surface area contributed by atoms with E-state index < -0.39 is 0 Å². The number of hydrogen-bond donors (Lipinski definition) is 2. The minimum absolute atomic E-state index is 0.439. The van der Waals surface area contributed by atoms with E-state index in [2.05, 4.69) is 15.9 Å². The van der Waals surface area contributed by atoms with Gasteiger partial charge < -0.3 is 11.5 Å². The molecule has 0 aliphatic rings. The summed E-state index contributed by atoms with van der Waals surface area (Å²) >= 11 is 3.22. The van der Waals surface area contributed by atoms with Gasteiger partial charge in [0.2, 0.25) is 0 Å². The van der Waals surface area contributed by atoms with Crippen LogP contribution in [-0.4, -0.2) is 7.85 Å². The van der Waals surface area contributed by atoms with Crippen molar-refractivity contribution in [1.82, 2.24) is 0 Å². The van der Waals surface area contributed by atoms with Crippen LogP contribution in [0.3, 0.4) is 0 Å². The number of nitrogen functional groups attached to an aromatic ring is 2. The van der Waals surface area contributed by atoms with Crippen LogP contribution >= 0.6 is 15.9 Å². The smallest absolute Gasteiger partial charge is 0.116 e. The molecule has 0 amide bonds. The molecule has 0 fully saturated rings. The molecule has 1 aromatic carbocycles. The van der Waals surface area contributed by atoms with Crippen LogP contribution < -0.4 is 16.9 Å². The molecule has 0 heterocycles. The van der Waals surface area contributed by atoms with Crippen LogP contribution in [0.4, 0.5) is 11.4 Å². The molecule has 4 N–H and O–H groups in total. The molecular formula is C6H6BBrN2. The van der Waals surface area contributed by atoms with Crippen molar-refractivity contribution in [2.24, 2.45) is 0 Å². The summed E-state index contributed by atoms with van der Waals surface area (Å²) in [6.45, 7) is 0. The van der Waals surface area contributed by atoms with Gasteiger partial charge in [0.25, 0.3) is 0 Å². The summed E-state index contributed by atoms with van der Waals surface area (Å²) < 4.78 is 0.777. The van der Waals surface area contributed by atoms with E-state index in [1.807, 2.05) is 0 Å². The Bertz CT molecular complexity index is 235. The van der Waals surface area contributed by atoms with Gasteiger partial charge in [-0.2, -0.15) is 0 Å². The zero-order valence-electron chi connectivity index (χ0n) is 5.26. The Balaban J connectivity index is 3.34. The van der Waals surface area contributed by atoms with Crippen LogP contribution in [0, 0.1) is 0 Å². The fourth-order valence-corrected chi connectivity index (χ4v) is 0.972. The third kappa shape index (κ3) is 1.11. The van der Waals surface area contributed by atoms with Gasteiger partial charge in [0.15, 0.2) is 0 Å². The second-order valence-electron chi connectivity index (χ2n) is 1.96. The van der Waals surface area contributed by atoms with Gasteiger partial charge in [0, 0.05) is 10.2 Å². The summed E-state index contributed by atoms with van der Waals surface area (Å²) in [4.78, 5) is 0. The lowest BCUT2D eigenvalue weighted by Gasteiger charge is -2.04. The van der Waals surface area contributed by atoms with E-state index in [9.17, 15) is 0 Å². The number of nitrogens with two attached hydrogens (primary N) is 2. The second kappa shape index (κ2) is 2.54. The Kier molecular flexibility index (Phi) is 1.90. The minimum atomic E-state index is 0.439. The lowest BCUT2D eigenvalue weighted by Crippen LogP contribution is -2.12. The number of halogens is 1. The quantitative estimate of drug-likeness (QED) is 0.467. The van der Waals surface area contributed by atoms with E-state index in [1.165, 1.54) is 0 Å². The first-order valence-corrected chi connectivity index (χ1v) is 3.51. The van der Waals surface area contributed by atoms with Crippen molar-refractivity contribution in [2.75, 3.05) is 11.5 Å². The number of hydrogen-bond acceptors (Lipinski definition) is 2. The number of benzene rings is 1. The Hall–Kier alpha value is -0.635. The van der Waals surface area contributed by atoms with Crippen molar-refractivity contribution >= 4 is 40.6 Å². The van der Waals surface area contributed by atoms with Gasteiger partial charge in [-0.1, -0.05) is 11.5 Å². The van der Waals surface area contributed by atoms with Gasteiger partial charge >= 0.3 is 0 Å². The van der Waals surface area contributed by atoms with E-state index in [0.29, 0.717) is 16.8 Å². The van der Waals surface area contributed by atoms with Gasteiger partial charge in [0.1, 0.15) is 7.85 Å². The monoisotopic (exact) mass is 196 g/mol. The molecule has 50 valence electrons. The van der Waals surface area contributed by atoms with Gasteiger partial charge in [-0.05, 0) is 22.0 Å². The Labute approximate surface area is 69.1 Å². The van der Waals surface area contributed by atoms with Crippen molar-refractivity contribution in [1.29, 1.82) is 0 Å². The Morgan fingerprint density at radius 1 is 1.20 bits per heavy atom.